The van der Waals surface area contributed by atoms with Gasteiger partial charge in [0.2, 0.25) is 5.75 Å². The summed E-state index contributed by atoms with van der Waals surface area (Å²) >= 11 is 0. The van der Waals surface area contributed by atoms with Crippen LogP contribution in [0.3, 0.4) is 0 Å². The lowest BCUT2D eigenvalue weighted by atomic mass is 10.1. The van der Waals surface area contributed by atoms with E-state index in [2.05, 4.69) is 19.9 Å². The van der Waals surface area contributed by atoms with E-state index in [0.717, 1.165) is 35.1 Å². The normalized spacial score (nSPS) is 11.3. The molecule has 6 nitrogen and oxygen atoms in total. The van der Waals surface area contributed by atoms with E-state index >= 15 is 0 Å². The molecule has 1 N–H and O–H groups in total. The fourth-order valence-electron chi connectivity index (χ4n) is 5.16. The summed E-state index contributed by atoms with van der Waals surface area (Å²) in [6.45, 7) is 7.23. The number of ether oxygens (including phenoxy) is 3. The fraction of sp³-hybridized carbons (Fsp3) is 0.225. The van der Waals surface area contributed by atoms with Crippen molar-refractivity contribution in [1.29, 1.82) is 0 Å². The van der Waals surface area contributed by atoms with Crippen LogP contribution in [0.2, 0.25) is 0 Å². The Hall–Kier alpha value is -5.23. The molecule has 0 amide bonds. The van der Waals surface area contributed by atoms with E-state index in [-0.39, 0.29) is 31.3 Å². The minimum atomic E-state index is -0.432. The highest BCUT2D eigenvalue weighted by molar-refractivity contribution is 5.94. The predicted molar refractivity (Wildman–Crippen MR) is 185 cm³/mol. The molecule has 236 valence electrons. The second-order valence-electron chi connectivity index (χ2n) is 11.6. The molecule has 0 radical (unpaired) electrons. The number of aromatic hydroxyl groups is 1. The Morgan fingerprint density at radius 1 is 0.739 bits per heavy atom. The minimum absolute atomic E-state index is 0.112. The van der Waals surface area contributed by atoms with Gasteiger partial charge in [0.25, 0.3) is 5.56 Å². The highest BCUT2D eigenvalue weighted by atomic mass is 16.5. The molecule has 0 aliphatic rings. The first kappa shape index (κ1) is 32.2. The summed E-state index contributed by atoms with van der Waals surface area (Å²) in [7, 11) is 0. The molecule has 0 unspecified atom stereocenters. The van der Waals surface area contributed by atoms with Gasteiger partial charge in [0, 0.05) is 12.1 Å². The minimum Gasteiger partial charge on any atom is -0.504 e. The lowest BCUT2D eigenvalue weighted by molar-refractivity contribution is 0.291. The Kier molecular flexibility index (Phi) is 11.0. The summed E-state index contributed by atoms with van der Waals surface area (Å²) in [6.07, 6.45) is 5.98. The summed E-state index contributed by atoms with van der Waals surface area (Å²) in [5.74, 6) is 0.544. The summed E-state index contributed by atoms with van der Waals surface area (Å²) in [5.41, 5.74) is 5.39. The zero-order chi connectivity index (χ0) is 32.3. The molecule has 0 aliphatic carbocycles. The highest BCUT2D eigenvalue weighted by Crippen LogP contribution is 2.41. The molecular weight excluding hydrogens is 574 g/mol. The number of aromatic nitrogens is 1. The topological polar surface area (TPSA) is 69.9 Å². The molecule has 5 aromatic rings. The van der Waals surface area contributed by atoms with E-state index < -0.39 is 5.56 Å². The van der Waals surface area contributed by atoms with Gasteiger partial charge in [-0.25, -0.2) is 0 Å². The average Bonchev–Trinajstić information content (AvgIpc) is 3.07. The molecule has 0 saturated heterocycles. The molecule has 0 fully saturated rings. The number of allylic oxidation sites excluding steroid dienone is 3. The first-order chi connectivity index (χ1) is 22.4. The largest absolute Gasteiger partial charge is 0.504 e. The van der Waals surface area contributed by atoms with E-state index in [0.29, 0.717) is 29.0 Å². The van der Waals surface area contributed by atoms with Crippen LogP contribution in [0, 0.1) is 0 Å². The standard InChI is InChI=1S/C40H41NO5/c1-29(2)14-13-15-30(3)22-23-44-39-38(42)37-35(41(40(39)43)26-31-16-7-4-8-17-31)24-34(45-27-32-18-9-5-10-19-32)25-36(37)46-28-33-20-11-6-12-21-33/h4-12,14,16-22,24-25,42H,13,15,23,26-28H2,1-3H3. The van der Waals surface area contributed by atoms with Crippen LogP contribution in [0.25, 0.3) is 10.9 Å². The number of benzene rings is 4. The molecule has 4 aromatic carbocycles. The maximum absolute atomic E-state index is 14.1. The van der Waals surface area contributed by atoms with Crippen LogP contribution in [0.15, 0.2) is 131 Å². The molecule has 46 heavy (non-hydrogen) atoms. The van der Waals surface area contributed by atoms with Gasteiger partial charge < -0.3 is 23.9 Å². The van der Waals surface area contributed by atoms with Crippen LogP contribution < -0.4 is 19.8 Å². The molecule has 1 heterocycles. The zero-order valence-corrected chi connectivity index (χ0v) is 26.7. The first-order valence-electron chi connectivity index (χ1n) is 15.6. The van der Waals surface area contributed by atoms with Crippen LogP contribution in [0.1, 0.15) is 50.3 Å². The van der Waals surface area contributed by atoms with Crippen LogP contribution in [-0.4, -0.2) is 16.3 Å². The molecular formula is C40H41NO5. The maximum atomic E-state index is 14.1. The number of hydrogen-bond acceptors (Lipinski definition) is 5. The Balaban J connectivity index is 1.58. The van der Waals surface area contributed by atoms with Crippen LogP contribution >= 0.6 is 0 Å². The second-order valence-corrected chi connectivity index (χ2v) is 11.6. The van der Waals surface area contributed by atoms with Crippen molar-refractivity contribution in [3.63, 3.8) is 0 Å². The van der Waals surface area contributed by atoms with Gasteiger partial charge in [-0.2, -0.15) is 0 Å². The van der Waals surface area contributed by atoms with Crippen molar-refractivity contribution in [2.45, 2.75) is 53.4 Å². The highest BCUT2D eigenvalue weighted by Gasteiger charge is 2.23. The third-order valence-corrected chi connectivity index (χ3v) is 7.66. The van der Waals surface area contributed by atoms with E-state index in [1.807, 2.05) is 104 Å². The van der Waals surface area contributed by atoms with Crippen molar-refractivity contribution < 1.29 is 19.3 Å². The van der Waals surface area contributed by atoms with Gasteiger partial charge in [0.15, 0.2) is 5.75 Å². The quantitative estimate of drug-likeness (QED) is 0.126. The Bertz CT molecular complexity index is 1860. The third kappa shape index (κ3) is 8.48. The predicted octanol–water partition coefficient (Wildman–Crippen LogP) is 8.98. The summed E-state index contributed by atoms with van der Waals surface area (Å²) in [4.78, 5) is 14.1. The van der Waals surface area contributed by atoms with Crippen molar-refractivity contribution in [2.75, 3.05) is 6.61 Å². The van der Waals surface area contributed by atoms with Crippen molar-refractivity contribution in [3.05, 3.63) is 153 Å². The van der Waals surface area contributed by atoms with Gasteiger partial charge >= 0.3 is 0 Å². The van der Waals surface area contributed by atoms with Gasteiger partial charge in [0.05, 0.1) is 17.4 Å². The average molecular weight is 616 g/mol. The molecule has 1 aromatic heterocycles. The Morgan fingerprint density at radius 3 is 1.93 bits per heavy atom. The van der Waals surface area contributed by atoms with Gasteiger partial charge in [-0.1, -0.05) is 108 Å². The number of hydrogen-bond donors (Lipinski definition) is 1. The van der Waals surface area contributed by atoms with E-state index in [1.165, 1.54) is 5.57 Å². The molecule has 0 bridgehead atoms. The molecule has 0 atom stereocenters. The van der Waals surface area contributed by atoms with Gasteiger partial charge in [-0.15, -0.1) is 0 Å². The number of pyridine rings is 1. The van der Waals surface area contributed by atoms with E-state index in [9.17, 15) is 9.90 Å². The third-order valence-electron chi connectivity index (χ3n) is 7.66. The summed E-state index contributed by atoms with van der Waals surface area (Å²) in [6, 6.07) is 33.0. The Labute approximate surface area is 270 Å². The van der Waals surface area contributed by atoms with Crippen molar-refractivity contribution in [1.82, 2.24) is 4.57 Å². The van der Waals surface area contributed by atoms with Crippen molar-refractivity contribution >= 4 is 10.9 Å². The smallest absolute Gasteiger partial charge is 0.297 e. The molecule has 0 saturated carbocycles. The molecule has 0 spiro atoms. The van der Waals surface area contributed by atoms with Gasteiger partial charge in [0.1, 0.15) is 31.3 Å². The number of nitrogens with zero attached hydrogens (tertiary/aromatic N) is 1. The monoisotopic (exact) mass is 615 g/mol. The van der Waals surface area contributed by atoms with Gasteiger partial charge in [-0.05, 0) is 56.4 Å². The van der Waals surface area contributed by atoms with Crippen molar-refractivity contribution in [3.8, 4) is 23.0 Å². The van der Waals surface area contributed by atoms with Crippen LogP contribution in [-0.2, 0) is 19.8 Å². The molecule has 6 heteroatoms. The SMILES string of the molecule is CC(C)=CCCC(C)=CCOc1c(O)c2c(OCc3ccccc3)cc(OCc3ccccc3)cc2n(Cc2ccccc2)c1=O. The lowest BCUT2D eigenvalue weighted by Crippen LogP contribution is -2.23. The molecule has 0 aliphatic heterocycles. The van der Waals surface area contributed by atoms with E-state index in [4.69, 9.17) is 14.2 Å². The van der Waals surface area contributed by atoms with Gasteiger partial charge in [-0.3, -0.25) is 4.79 Å². The summed E-state index contributed by atoms with van der Waals surface area (Å²) < 4.78 is 20.2. The van der Waals surface area contributed by atoms with E-state index in [1.54, 1.807) is 16.7 Å². The number of fused-ring (bicyclic) bond motifs is 1. The Morgan fingerprint density at radius 2 is 1.33 bits per heavy atom. The zero-order valence-electron chi connectivity index (χ0n) is 26.7. The fourth-order valence-corrected chi connectivity index (χ4v) is 5.16. The maximum Gasteiger partial charge on any atom is 0.297 e. The van der Waals surface area contributed by atoms with Crippen molar-refractivity contribution in [2.24, 2.45) is 0 Å². The summed E-state index contributed by atoms with van der Waals surface area (Å²) in [5, 5.41) is 12.1. The van der Waals surface area contributed by atoms with Crippen LogP contribution in [0.5, 0.6) is 23.0 Å². The molecule has 5 rings (SSSR count). The second kappa shape index (κ2) is 15.7. The first-order valence-corrected chi connectivity index (χ1v) is 15.6. The lowest BCUT2D eigenvalue weighted by Gasteiger charge is -2.19. The number of rotatable bonds is 14. The van der Waals surface area contributed by atoms with Crippen LogP contribution in [0.4, 0.5) is 0 Å².